The molecular weight excluding hydrogens is 303 g/mol. The van der Waals surface area contributed by atoms with E-state index in [1.165, 1.54) is 6.07 Å². The second-order valence-corrected chi connectivity index (χ2v) is 5.46. The highest BCUT2D eigenvalue weighted by atomic mass is 35.5. The lowest BCUT2D eigenvalue weighted by molar-refractivity contribution is 0.629. The van der Waals surface area contributed by atoms with Crippen molar-refractivity contribution >= 4 is 28.2 Å². The van der Waals surface area contributed by atoms with Crippen LogP contribution in [0.2, 0.25) is 5.02 Å². The average molecular weight is 313 g/mol. The lowest BCUT2D eigenvalue weighted by Crippen LogP contribution is -1.97. The number of pyridine rings is 2. The summed E-state index contributed by atoms with van der Waals surface area (Å²) in [6.45, 7) is 0. The molecule has 0 aliphatic heterocycles. The van der Waals surface area contributed by atoms with E-state index in [-0.39, 0.29) is 5.65 Å². The second kappa shape index (κ2) is 5.03. The van der Waals surface area contributed by atoms with Gasteiger partial charge in [-0.15, -0.1) is 10.2 Å². The Bertz CT molecular complexity index is 996. The fourth-order valence-corrected chi connectivity index (χ4v) is 2.70. The summed E-state index contributed by atoms with van der Waals surface area (Å²) in [6, 6.07) is 11.1. The van der Waals surface area contributed by atoms with Gasteiger partial charge >= 0.3 is 0 Å². The summed E-state index contributed by atoms with van der Waals surface area (Å²) >= 11 is 5.91. The molecule has 0 bridgehead atoms. The Hall–Kier alpha value is -2.53. The van der Waals surface area contributed by atoms with Crippen molar-refractivity contribution in [1.82, 2.24) is 19.6 Å². The van der Waals surface area contributed by atoms with E-state index in [4.69, 9.17) is 11.6 Å². The number of rotatable bonds is 2. The first kappa shape index (κ1) is 13.2. The van der Waals surface area contributed by atoms with Crippen molar-refractivity contribution in [2.75, 3.05) is 0 Å². The van der Waals surface area contributed by atoms with Gasteiger partial charge in [0.25, 0.3) is 0 Å². The fourth-order valence-electron chi connectivity index (χ4n) is 2.51. The standard InChI is InChI=1S/C16H10ClFN4/c17-12-8-13(18)16-21-20-15(22(16)9-12)7-10-3-4-14-11(6-10)2-1-5-19-14/h1-6,8-9H,7H2. The van der Waals surface area contributed by atoms with Gasteiger partial charge in [-0.05, 0) is 29.8 Å². The molecule has 0 unspecified atom stereocenters. The number of benzene rings is 1. The summed E-state index contributed by atoms with van der Waals surface area (Å²) in [5.74, 6) is 0.161. The molecule has 4 aromatic rings. The maximum Gasteiger partial charge on any atom is 0.197 e. The Morgan fingerprint density at radius 1 is 1.14 bits per heavy atom. The number of fused-ring (bicyclic) bond motifs is 2. The van der Waals surface area contributed by atoms with Crippen molar-refractivity contribution in [2.24, 2.45) is 0 Å². The zero-order valence-electron chi connectivity index (χ0n) is 11.4. The molecule has 1 aromatic carbocycles. The van der Waals surface area contributed by atoms with Crippen LogP contribution in [0, 0.1) is 5.82 Å². The highest BCUT2D eigenvalue weighted by molar-refractivity contribution is 6.30. The SMILES string of the molecule is Fc1cc(Cl)cn2c(Cc3ccc4ncccc4c3)nnc12. The fraction of sp³-hybridized carbons (Fsp3) is 0.0625. The van der Waals surface area contributed by atoms with Gasteiger partial charge in [-0.2, -0.15) is 0 Å². The molecule has 3 heterocycles. The van der Waals surface area contributed by atoms with Gasteiger partial charge in [0.15, 0.2) is 11.5 Å². The van der Waals surface area contributed by atoms with Gasteiger partial charge < -0.3 is 0 Å². The van der Waals surface area contributed by atoms with Crippen LogP contribution in [0.5, 0.6) is 0 Å². The molecule has 0 atom stereocenters. The number of hydrogen-bond donors (Lipinski definition) is 0. The minimum atomic E-state index is -0.478. The van der Waals surface area contributed by atoms with Crippen LogP contribution in [0.25, 0.3) is 16.6 Å². The molecule has 4 rings (SSSR count). The molecule has 0 saturated heterocycles. The number of halogens is 2. The quantitative estimate of drug-likeness (QED) is 0.567. The maximum atomic E-state index is 13.8. The summed E-state index contributed by atoms with van der Waals surface area (Å²) in [6.07, 6.45) is 3.92. The van der Waals surface area contributed by atoms with E-state index >= 15 is 0 Å². The Labute approximate surface area is 130 Å². The Morgan fingerprint density at radius 2 is 2.05 bits per heavy atom. The van der Waals surface area contributed by atoms with Crippen LogP contribution in [-0.4, -0.2) is 19.6 Å². The zero-order valence-corrected chi connectivity index (χ0v) is 12.1. The van der Waals surface area contributed by atoms with Gasteiger partial charge in [0, 0.05) is 24.2 Å². The average Bonchev–Trinajstić information content (AvgIpc) is 2.90. The molecule has 0 fully saturated rings. The topological polar surface area (TPSA) is 43.1 Å². The predicted molar refractivity (Wildman–Crippen MR) is 82.5 cm³/mol. The molecule has 0 radical (unpaired) electrons. The summed E-state index contributed by atoms with van der Waals surface area (Å²) in [5, 5.41) is 9.32. The molecule has 0 amide bonds. The molecule has 6 heteroatoms. The van der Waals surface area contributed by atoms with E-state index < -0.39 is 5.82 Å². The molecule has 4 nitrogen and oxygen atoms in total. The van der Waals surface area contributed by atoms with Crippen molar-refractivity contribution in [1.29, 1.82) is 0 Å². The molecule has 3 aromatic heterocycles. The third kappa shape index (κ3) is 2.19. The van der Waals surface area contributed by atoms with Gasteiger partial charge in [-0.1, -0.05) is 23.7 Å². The van der Waals surface area contributed by atoms with Gasteiger partial charge in [0.2, 0.25) is 0 Å². The molecule has 22 heavy (non-hydrogen) atoms. The van der Waals surface area contributed by atoms with Gasteiger partial charge in [0.05, 0.1) is 10.5 Å². The van der Waals surface area contributed by atoms with Crippen LogP contribution in [0.15, 0.2) is 48.8 Å². The van der Waals surface area contributed by atoms with Gasteiger partial charge in [0.1, 0.15) is 5.82 Å². The molecule has 0 spiro atoms. The predicted octanol–water partition coefficient (Wildman–Crippen LogP) is 3.66. The van der Waals surface area contributed by atoms with E-state index in [1.807, 2.05) is 30.3 Å². The Balaban J connectivity index is 1.79. The van der Waals surface area contributed by atoms with Crippen LogP contribution in [-0.2, 0) is 6.42 Å². The lowest BCUT2D eigenvalue weighted by atomic mass is 10.1. The molecular formula is C16H10ClFN4. The van der Waals surface area contributed by atoms with Crippen molar-refractivity contribution in [3.05, 3.63) is 71.0 Å². The van der Waals surface area contributed by atoms with Crippen LogP contribution < -0.4 is 0 Å². The normalized spacial score (nSPS) is 11.4. The smallest absolute Gasteiger partial charge is 0.197 e. The summed E-state index contributed by atoms with van der Waals surface area (Å²) in [4.78, 5) is 4.29. The van der Waals surface area contributed by atoms with Crippen LogP contribution in [0.3, 0.4) is 0 Å². The molecule has 108 valence electrons. The van der Waals surface area contributed by atoms with Crippen molar-refractivity contribution in [2.45, 2.75) is 6.42 Å². The number of nitrogens with zero attached hydrogens (tertiary/aromatic N) is 4. The summed E-state index contributed by atoms with van der Waals surface area (Å²) < 4.78 is 15.4. The lowest BCUT2D eigenvalue weighted by Gasteiger charge is -2.03. The Morgan fingerprint density at radius 3 is 2.95 bits per heavy atom. The van der Waals surface area contributed by atoms with E-state index in [2.05, 4.69) is 15.2 Å². The van der Waals surface area contributed by atoms with Crippen LogP contribution in [0.4, 0.5) is 4.39 Å². The maximum absolute atomic E-state index is 13.8. The Kier molecular flexibility index (Phi) is 3.01. The van der Waals surface area contributed by atoms with E-state index in [9.17, 15) is 4.39 Å². The molecule has 0 N–H and O–H groups in total. The van der Waals surface area contributed by atoms with E-state index in [0.717, 1.165) is 16.5 Å². The summed E-state index contributed by atoms with van der Waals surface area (Å²) in [7, 11) is 0. The van der Waals surface area contributed by atoms with Crippen LogP contribution in [0.1, 0.15) is 11.4 Å². The first-order valence-electron chi connectivity index (χ1n) is 6.73. The van der Waals surface area contributed by atoms with E-state index in [0.29, 0.717) is 17.3 Å². The third-order valence-electron chi connectivity index (χ3n) is 3.53. The zero-order chi connectivity index (χ0) is 15.1. The first-order chi connectivity index (χ1) is 10.7. The minimum Gasteiger partial charge on any atom is -0.282 e. The molecule has 0 aliphatic carbocycles. The van der Waals surface area contributed by atoms with Crippen molar-refractivity contribution in [3.8, 4) is 0 Å². The van der Waals surface area contributed by atoms with Crippen LogP contribution >= 0.6 is 11.6 Å². The highest BCUT2D eigenvalue weighted by Gasteiger charge is 2.11. The second-order valence-electron chi connectivity index (χ2n) is 5.02. The summed E-state index contributed by atoms with van der Waals surface area (Å²) in [5.41, 5.74) is 2.17. The third-order valence-corrected chi connectivity index (χ3v) is 3.73. The largest absolute Gasteiger partial charge is 0.282 e. The first-order valence-corrected chi connectivity index (χ1v) is 7.11. The van der Waals surface area contributed by atoms with Gasteiger partial charge in [-0.3, -0.25) is 9.38 Å². The number of hydrogen-bond acceptors (Lipinski definition) is 3. The van der Waals surface area contributed by atoms with Crippen molar-refractivity contribution in [3.63, 3.8) is 0 Å². The van der Waals surface area contributed by atoms with Crippen molar-refractivity contribution < 1.29 is 4.39 Å². The van der Waals surface area contributed by atoms with Gasteiger partial charge in [-0.25, -0.2) is 4.39 Å². The molecule has 0 aliphatic rings. The monoisotopic (exact) mass is 312 g/mol. The van der Waals surface area contributed by atoms with E-state index in [1.54, 1.807) is 16.8 Å². The number of aromatic nitrogens is 4. The molecule has 0 saturated carbocycles. The highest BCUT2D eigenvalue weighted by Crippen LogP contribution is 2.19. The minimum absolute atomic E-state index is 0.182.